The molecule has 19 heavy (non-hydrogen) atoms. The number of aliphatic hydroxyl groups excluding tert-OH is 1. The number of amides is 1. The van der Waals surface area contributed by atoms with Crippen LogP contribution in [0.3, 0.4) is 0 Å². The Hall–Kier alpha value is -0.510. The molecule has 1 saturated heterocycles. The summed E-state index contributed by atoms with van der Waals surface area (Å²) in [6, 6.07) is -2.60. The van der Waals surface area contributed by atoms with Gasteiger partial charge in [0.2, 0.25) is 5.91 Å². The van der Waals surface area contributed by atoms with Crippen molar-refractivity contribution in [3.05, 3.63) is 0 Å². The van der Waals surface area contributed by atoms with Crippen LogP contribution >= 0.6 is 12.8 Å². The molecule has 1 amide bonds. The van der Waals surface area contributed by atoms with Crippen LogP contribution < -0.4 is 0 Å². The second-order valence-electron chi connectivity index (χ2n) is 4.59. The molecule has 1 N–H and O–H groups in total. The van der Waals surface area contributed by atoms with Gasteiger partial charge in [0.1, 0.15) is 12.1 Å². The molecule has 112 valence electrons. The molecule has 0 saturated carbocycles. The van der Waals surface area contributed by atoms with Crippen molar-refractivity contribution in [2.75, 3.05) is 40.3 Å². The lowest BCUT2D eigenvalue weighted by Gasteiger charge is -2.41. The highest BCUT2D eigenvalue weighted by molar-refractivity contribution is 7.77. The van der Waals surface area contributed by atoms with Crippen molar-refractivity contribution in [3.63, 3.8) is 0 Å². The minimum absolute atomic E-state index is 0.143. The maximum atomic E-state index is 12.8. The summed E-state index contributed by atoms with van der Waals surface area (Å²) in [4.78, 5) is 14.4. The smallest absolute Gasteiger partial charge is 0.394 e. The molecule has 0 aromatic carbocycles. The van der Waals surface area contributed by atoms with Crippen LogP contribution in [0, 0.1) is 0 Å². The number of alkyl halides is 3. The van der Waals surface area contributed by atoms with E-state index in [0.29, 0.717) is 0 Å². The second kappa shape index (κ2) is 6.29. The summed E-state index contributed by atoms with van der Waals surface area (Å²) in [5, 5.41) is 9.10. The van der Waals surface area contributed by atoms with Gasteiger partial charge in [-0.3, -0.25) is 9.69 Å². The largest absolute Gasteiger partial charge is 0.405 e. The molecule has 1 fully saturated rings. The van der Waals surface area contributed by atoms with Gasteiger partial charge in [0.25, 0.3) is 0 Å². The molecular formula is C10H18F3N3O2S. The molecule has 1 aliphatic heterocycles. The third-order valence-corrected chi connectivity index (χ3v) is 3.53. The van der Waals surface area contributed by atoms with E-state index in [0.717, 1.165) is 4.90 Å². The van der Waals surface area contributed by atoms with Crippen LogP contribution in [-0.2, 0) is 4.79 Å². The Kier molecular flexibility index (Phi) is 5.48. The summed E-state index contributed by atoms with van der Waals surface area (Å²) in [5.74, 6) is -0.539. The summed E-state index contributed by atoms with van der Waals surface area (Å²) in [6.07, 6.45) is -4.38. The zero-order chi connectivity index (χ0) is 14.8. The molecule has 2 unspecified atom stereocenters. The minimum Gasteiger partial charge on any atom is -0.394 e. The molecule has 1 aliphatic rings. The highest BCUT2D eigenvalue weighted by Gasteiger charge is 2.46. The molecule has 0 aliphatic carbocycles. The Morgan fingerprint density at radius 1 is 1.53 bits per heavy atom. The number of nitrogens with zero attached hydrogens (tertiary/aromatic N) is 3. The van der Waals surface area contributed by atoms with Crippen LogP contribution in [0.25, 0.3) is 0 Å². The highest BCUT2D eigenvalue weighted by Crippen LogP contribution is 2.27. The zero-order valence-corrected chi connectivity index (χ0v) is 11.7. The van der Waals surface area contributed by atoms with E-state index in [4.69, 9.17) is 5.11 Å². The van der Waals surface area contributed by atoms with E-state index in [1.165, 1.54) is 23.3 Å². The second-order valence-corrected chi connectivity index (χ2v) is 5.23. The van der Waals surface area contributed by atoms with Gasteiger partial charge in [-0.05, 0) is 14.1 Å². The van der Waals surface area contributed by atoms with Crippen LogP contribution in [0.4, 0.5) is 13.2 Å². The highest BCUT2D eigenvalue weighted by atomic mass is 32.1. The molecule has 9 heteroatoms. The molecular weight excluding hydrogens is 283 g/mol. The fourth-order valence-corrected chi connectivity index (χ4v) is 2.17. The van der Waals surface area contributed by atoms with Gasteiger partial charge in [0.15, 0.2) is 0 Å². The Balaban J connectivity index is 2.78. The third kappa shape index (κ3) is 3.98. The first-order valence-electron chi connectivity index (χ1n) is 5.76. The first-order valence-corrected chi connectivity index (χ1v) is 6.16. The molecule has 0 radical (unpaired) electrons. The van der Waals surface area contributed by atoms with Gasteiger partial charge in [0.05, 0.1) is 6.61 Å². The van der Waals surface area contributed by atoms with E-state index < -0.39 is 37.3 Å². The van der Waals surface area contributed by atoms with Crippen LogP contribution in [-0.4, -0.2) is 83.7 Å². The van der Waals surface area contributed by atoms with Gasteiger partial charge in [-0.1, -0.05) is 12.8 Å². The number of likely N-dealkylation sites (N-methyl/N-ethyl adjacent to an activating group) is 2. The van der Waals surface area contributed by atoms with Crippen molar-refractivity contribution < 1.29 is 23.1 Å². The summed E-state index contributed by atoms with van der Waals surface area (Å²) >= 11 is 3.92. The van der Waals surface area contributed by atoms with Crippen LogP contribution in [0.15, 0.2) is 0 Å². The molecule has 0 aromatic rings. The van der Waals surface area contributed by atoms with E-state index in [9.17, 15) is 18.0 Å². The predicted molar refractivity (Wildman–Crippen MR) is 66.7 cm³/mol. The topological polar surface area (TPSA) is 47.0 Å². The van der Waals surface area contributed by atoms with Crippen molar-refractivity contribution in [1.29, 1.82) is 0 Å². The molecule has 1 heterocycles. The van der Waals surface area contributed by atoms with Crippen LogP contribution in [0.2, 0.25) is 0 Å². The average molecular weight is 301 g/mol. The fourth-order valence-electron chi connectivity index (χ4n) is 1.99. The van der Waals surface area contributed by atoms with Crippen molar-refractivity contribution in [3.8, 4) is 0 Å². The van der Waals surface area contributed by atoms with Gasteiger partial charge in [-0.2, -0.15) is 13.2 Å². The maximum absolute atomic E-state index is 12.8. The molecule has 0 spiro atoms. The molecule has 2 atom stereocenters. The lowest BCUT2D eigenvalue weighted by Crippen LogP contribution is -2.61. The molecule has 5 nitrogen and oxygen atoms in total. The van der Waals surface area contributed by atoms with Gasteiger partial charge < -0.3 is 10.0 Å². The van der Waals surface area contributed by atoms with Crippen molar-refractivity contribution in [2.45, 2.75) is 18.3 Å². The van der Waals surface area contributed by atoms with Gasteiger partial charge in [-0.25, -0.2) is 4.31 Å². The summed E-state index contributed by atoms with van der Waals surface area (Å²) in [5.41, 5.74) is 0. The number of halogens is 3. The fraction of sp³-hybridized carbons (Fsp3) is 0.900. The van der Waals surface area contributed by atoms with Gasteiger partial charge >= 0.3 is 6.18 Å². The van der Waals surface area contributed by atoms with Crippen LogP contribution in [0.5, 0.6) is 0 Å². The number of hydrogen-bond donors (Lipinski definition) is 2. The van der Waals surface area contributed by atoms with E-state index in [2.05, 4.69) is 12.8 Å². The lowest BCUT2D eigenvalue weighted by molar-refractivity contribution is -0.194. The number of piperazine rings is 1. The summed E-state index contributed by atoms with van der Waals surface area (Å²) in [6.45, 7) is -0.552. The summed E-state index contributed by atoms with van der Waals surface area (Å²) in [7, 11) is 2.85. The normalized spacial score (nSPS) is 23.8. The monoisotopic (exact) mass is 301 g/mol. The van der Waals surface area contributed by atoms with Crippen molar-refractivity contribution >= 4 is 18.7 Å². The Morgan fingerprint density at radius 2 is 2.11 bits per heavy atom. The predicted octanol–water partition coefficient (Wildman–Crippen LogP) is -0.171. The van der Waals surface area contributed by atoms with Crippen molar-refractivity contribution in [2.24, 2.45) is 0 Å². The quantitative estimate of drug-likeness (QED) is 0.711. The Bertz CT molecular complexity index is 328. The van der Waals surface area contributed by atoms with E-state index in [1.807, 2.05) is 0 Å². The first-order chi connectivity index (χ1) is 8.68. The zero-order valence-electron chi connectivity index (χ0n) is 10.8. The number of carbonyl (C=O) groups is 1. The number of hydrogen-bond acceptors (Lipinski definition) is 5. The molecule has 1 rings (SSSR count). The van der Waals surface area contributed by atoms with Gasteiger partial charge in [0, 0.05) is 19.6 Å². The third-order valence-electron chi connectivity index (χ3n) is 3.25. The number of aliphatic hydroxyl groups is 1. The SMILES string of the molecule is CN(S)C(CO)C(=O)N1CCN(C)C(C(F)(F)F)C1. The van der Waals surface area contributed by atoms with E-state index in [1.54, 1.807) is 0 Å². The van der Waals surface area contributed by atoms with Crippen LogP contribution in [0.1, 0.15) is 0 Å². The summed E-state index contributed by atoms with van der Waals surface area (Å²) < 4.78 is 39.6. The van der Waals surface area contributed by atoms with Gasteiger partial charge in [-0.15, -0.1) is 0 Å². The lowest BCUT2D eigenvalue weighted by atomic mass is 10.1. The van der Waals surface area contributed by atoms with E-state index in [-0.39, 0.29) is 13.1 Å². The Morgan fingerprint density at radius 3 is 2.53 bits per heavy atom. The average Bonchev–Trinajstić information content (AvgIpc) is 2.28. The minimum atomic E-state index is -4.38. The maximum Gasteiger partial charge on any atom is 0.405 e. The van der Waals surface area contributed by atoms with E-state index >= 15 is 0 Å². The number of carbonyl (C=O) groups excluding carboxylic acids is 1. The molecule has 0 bridgehead atoms. The Labute approximate surface area is 115 Å². The standard InChI is InChI=1S/C10H18F3N3O2S/c1-14-3-4-16(5-8(14)10(11,12)13)9(18)7(6-17)15(2)19/h7-8,17,19H,3-6H2,1-2H3. The number of rotatable bonds is 3. The number of thiol groups is 1. The molecule has 0 aromatic heterocycles. The first kappa shape index (κ1) is 16.5. The van der Waals surface area contributed by atoms with Crippen molar-refractivity contribution in [1.82, 2.24) is 14.1 Å².